The van der Waals surface area contributed by atoms with Crippen LogP contribution in [0.4, 0.5) is 4.79 Å². The number of hydrogen-bond donors (Lipinski definition) is 4. The first-order valence-corrected chi connectivity index (χ1v) is 21.4. The number of benzene rings is 3. The van der Waals surface area contributed by atoms with E-state index in [2.05, 4.69) is 20.3 Å². The van der Waals surface area contributed by atoms with Crippen molar-refractivity contribution in [1.29, 1.82) is 0 Å². The van der Waals surface area contributed by atoms with Gasteiger partial charge in [-0.25, -0.2) is 22.7 Å². The first kappa shape index (κ1) is 44.0. The summed E-state index contributed by atoms with van der Waals surface area (Å²) in [4.78, 5) is 44.8. The molecule has 58 heavy (non-hydrogen) atoms. The molecule has 13 nitrogen and oxygen atoms in total. The van der Waals surface area contributed by atoms with Gasteiger partial charge in [-0.1, -0.05) is 62.4 Å². The molecule has 2 atom stereocenters. The number of sulfonamides is 1. The molecule has 2 aliphatic rings. The second-order valence-corrected chi connectivity index (χ2v) is 18.9. The van der Waals surface area contributed by atoms with E-state index < -0.39 is 51.3 Å². The van der Waals surface area contributed by atoms with Gasteiger partial charge in [0.15, 0.2) is 0 Å². The summed E-state index contributed by atoms with van der Waals surface area (Å²) in [6.45, 7) is 18.4. The molecule has 3 aromatic rings. The van der Waals surface area contributed by atoms with Crippen LogP contribution in [-0.4, -0.2) is 68.8 Å². The maximum atomic E-state index is 13.9. The summed E-state index contributed by atoms with van der Waals surface area (Å²) in [5.74, 6) is -0.941. The predicted octanol–water partition coefficient (Wildman–Crippen LogP) is 6.48. The molecule has 0 bridgehead atoms. The fourth-order valence-electron chi connectivity index (χ4n) is 7.75. The molecule has 14 heteroatoms. The summed E-state index contributed by atoms with van der Waals surface area (Å²) < 4.78 is 47.3. The van der Waals surface area contributed by atoms with Gasteiger partial charge < -0.3 is 30.6 Å². The molecule has 0 aromatic heterocycles. The molecule has 0 radical (unpaired) electrons. The van der Waals surface area contributed by atoms with Gasteiger partial charge in [0.25, 0.3) is 10.0 Å². The Labute approximate surface area is 342 Å². The highest BCUT2D eigenvalue weighted by molar-refractivity contribution is 7.90. The first-order valence-electron chi connectivity index (χ1n) is 19.9. The van der Waals surface area contributed by atoms with Crippen LogP contribution in [0, 0.1) is 26.7 Å². The molecule has 0 unspecified atom stereocenters. The standard InChI is InChI=1S/C44H59N5O8S/c1-25(2)22-36(40(51)57-43(6,7)8)47-39(50)35(48-42(52)55-24-34-31-18-13-11-16-29(31)30-17-12-14-19-32(30)34)20-15-21-46-41(45)49-58(53,54)38-27(4)26(3)37-33(28(38)5)23-44(9,10)56-37/h11-14,16-19,25,34-36H,15,20-24H2,1-10H3,(H,47,50)(H,48,52)(H3,45,46,49)/t35-,36-/m0/s1. The van der Waals surface area contributed by atoms with Crippen molar-refractivity contribution in [2.24, 2.45) is 16.6 Å². The minimum atomic E-state index is -4.12. The summed E-state index contributed by atoms with van der Waals surface area (Å²) in [6, 6.07) is 13.8. The number of ether oxygens (including phenoxy) is 3. The number of nitrogens with one attached hydrogen (secondary N) is 3. The maximum absolute atomic E-state index is 13.9. The Balaban J connectivity index is 1.29. The summed E-state index contributed by atoms with van der Waals surface area (Å²) in [6.07, 6.45) is 0.358. The third-order valence-electron chi connectivity index (χ3n) is 10.4. The minimum absolute atomic E-state index is 0.0230. The Bertz CT molecular complexity index is 2150. The zero-order chi connectivity index (χ0) is 42.7. The van der Waals surface area contributed by atoms with Crippen LogP contribution >= 0.6 is 0 Å². The lowest BCUT2D eigenvalue weighted by atomic mass is 9.94. The highest BCUT2D eigenvalue weighted by Gasteiger charge is 2.37. The van der Waals surface area contributed by atoms with E-state index in [4.69, 9.17) is 19.9 Å². The van der Waals surface area contributed by atoms with Crippen molar-refractivity contribution in [3.8, 4) is 16.9 Å². The number of nitrogens with two attached hydrogens (primary N) is 1. The van der Waals surface area contributed by atoms with Crippen molar-refractivity contribution in [2.45, 2.75) is 129 Å². The van der Waals surface area contributed by atoms with Gasteiger partial charge in [-0.05, 0) is 120 Å². The number of carbonyl (C=O) groups excluding carboxylic acids is 3. The van der Waals surface area contributed by atoms with Crippen molar-refractivity contribution in [2.75, 3.05) is 13.2 Å². The number of hydrogen-bond acceptors (Lipinski definition) is 9. The summed E-state index contributed by atoms with van der Waals surface area (Å²) in [5, 5.41) is 5.49. The molecule has 1 aliphatic heterocycles. The molecule has 314 valence electrons. The van der Waals surface area contributed by atoms with E-state index in [0.29, 0.717) is 29.7 Å². The van der Waals surface area contributed by atoms with Crippen molar-refractivity contribution < 1.29 is 37.0 Å². The molecule has 2 amide bonds. The number of fused-ring (bicyclic) bond motifs is 4. The molecule has 0 fully saturated rings. The van der Waals surface area contributed by atoms with E-state index in [0.717, 1.165) is 33.4 Å². The number of nitrogens with zero attached hydrogens (tertiary/aromatic N) is 1. The number of guanidine groups is 1. The van der Waals surface area contributed by atoms with Crippen molar-refractivity contribution in [3.63, 3.8) is 0 Å². The molecule has 0 saturated heterocycles. The van der Waals surface area contributed by atoms with E-state index in [9.17, 15) is 22.8 Å². The Morgan fingerprint density at radius 2 is 1.53 bits per heavy atom. The molecule has 5 N–H and O–H groups in total. The van der Waals surface area contributed by atoms with Crippen LogP contribution in [0.2, 0.25) is 0 Å². The second-order valence-electron chi connectivity index (χ2n) is 17.3. The lowest BCUT2D eigenvalue weighted by Gasteiger charge is -2.27. The third-order valence-corrected chi connectivity index (χ3v) is 12.0. The average Bonchev–Trinajstić information content (AvgIpc) is 3.63. The number of alkyl carbamates (subject to hydrolysis) is 1. The molecule has 0 saturated carbocycles. The minimum Gasteiger partial charge on any atom is -0.487 e. The number of carbonyl (C=O) groups is 3. The van der Waals surface area contributed by atoms with Crippen LogP contribution in [0.15, 0.2) is 58.4 Å². The molecule has 1 heterocycles. The van der Waals surface area contributed by atoms with Crippen molar-refractivity contribution >= 4 is 34.0 Å². The van der Waals surface area contributed by atoms with Gasteiger partial charge in [0.2, 0.25) is 11.9 Å². The molecule has 3 aromatic carbocycles. The van der Waals surface area contributed by atoms with Crippen LogP contribution < -0.4 is 25.8 Å². The van der Waals surface area contributed by atoms with Gasteiger partial charge in [0, 0.05) is 24.4 Å². The van der Waals surface area contributed by atoms with E-state index in [1.54, 1.807) is 34.6 Å². The van der Waals surface area contributed by atoms with Crippen LogP contribution in [0.1, 0.15) is 107 Å². The SMILES string of the molecule is Cc1c(C)c(S(=O)(=O)NC(N)=NCCC[C@H](NC(=O)OCC2c3ccccc3-c3ccccc32)C(=O)N[C@@H](CC(C)C)C(=O)OC(C)(C)C)c(C)c2c1OC(C)(C)C2. The predicted molar refractivity (Wildman–Crippen MR) is 224 cm³/mol. The van der Waals surface area contributed by atoms with Crippen molar-refractivity contribution in [3.05, 3.63) is 81.9 Å². The van der Waals surface area contributed by atoms with Crippen LogP contribution in [0.5, 0.6) is 5.75 Å². The monoisotopic (exact) mass is 817 g/mol. The second kappa shape index (κ2) is 17.4. The summed E-state index contributed by atoms with van der Waals surface area (Å²) in [5.41, 5.74) is 11.9. The smallest absolute Gasteiger partial charge is 0.407 e. The topological polar surface area (TPSA) is 188 Å². The summed E-state index contributed by atoms with van der Waals surface area (Å²) >= 11 is 0. The van der Waals surface area contributed by atoms with Gasteiger partial charge in [0.1, 0.15) is 35.6 Å². The number of rotatable bonds is 14. The molecule has 0 spiro atoms. The Morgan fingerprint density at radius 3 is 2.12 bits per heavy atom. The number of amides is 2. The van der Waals surface area contributed by atoms with Gasteiger partial charge in [0.05, 0.1) is 4.90 Å². The van der Waals surface area contributed by atoms with Crippen molar-refractivity contribution in [1.82, 2.24) is 15.4 Å². The van der Waals surface area contributed by atoms with Crippen LogP contribution in [0.3, 0.4) is 0 Å². The highest BCUT2D eigenvalue weighted by Crippen LogP contribution is 2.45. The van der Waals surface area contributed by atoms with Gasteiger partial charge in [-0.2, -0.15) is 0 Å². The lowest BCUT2D eigenvalue weighted by Crippen LogP contribution is -2.53. The average molecular weight is 818 g/mol. The van der Waals surface area contributed by atoms with E-state index in [1.807, 2.05) is 83.1 Å². The fourth-order valence-corrected chi connectivity index (χ4v) is 9.27. The van der Waals surface area contributed by atoms with E-state index >= 15 is 0 Å². The normalized spacial score (nSPS) is 15.7. The number of aliphatic imine (C=N–C) groups is 1. The zero-order valence-corrected chi connectivity index (χ0v) is 36.2. The number of esters is 1. The third kappa shape index (κ3) is 10.3. The fraction of sp³-hybridized carbons (Fsp3) is 0.500. The quantitative estimate of drug-likeness (QED) is 0.0612. The van der Waals surface area contributed by atoms with Crippen LogP contribution in [0.25, 0.3) is 11.1 Å². The Morgan fingerprint density at radius 1 is 0.931 bits per heavy atom. The first-order chi connectivity index (χ1) is 27.1. The van der Waals surface area contributed by atoms with E-state index in [-0.39, 0.29) is 48.7 Å². The van der Waals surface area contributed by atoms with Crippen LogP contribution in [-0.2, 0) is 35.5 Å². The molecule has 1 aliphatic carbocycles. The lowest BCUT2D eigenvalue weighted by molar-refractivity contribution is -0.159. The highest BCUT2D eigenvalue weighted by atomic mass is 32.2. The molecular weight excluding hydrogens is 759 g/mol. The largest absolute Gasteiger partial charge is 0.487 e. The Kier molecular flexibility index (Phi) is 13.2. The van der Waals surface area contributed by atoms with E-state index in [1.165, 1.54) is 0 Å². The molecular formula is C44H59N5O8S. The zero-order valence-electron chi connectivity index (χ0n) is 35.4. The van der Waals surface area contributed by atoms with Gasteiger partial charge >= 0.3 is 12.1 Å². The Hall–Kier alpha value is -5.11. The van der Waals surface area contributed by atoms with Gasteiger partial charge in [-0.15, -0.1) is 0 Å². The molecule has 5 rings (SSSR count). The maximum Gasteiger partial charge on any atom is 0.407 e. The van der Waals surface area contributed by atoms with Gasteiger partial charge in [-0.3, -0.25) is 9.79 Å². The summed E-state index contributed by atoms with van der Waals surface area (Å²) in [7, 11) is -4.12.